The monoisotopic (exact) mass is 384 g/mol. The van der Waals surface area contributed by atoms with Gasteiger partial charge in [0.25, 0.3) is 5.56 Å². The van der Waals surface area contributed by atoms with Gasteiger partial charge in [-0.1, -0.05) is 0 Å². The highest BCUT2D eigenvalue weighted by Crippen LogP contribution is 2.31. The van der Waals surface area contributed by atoms with Gasteiger partial charge in [-0.05, 0) is 6.92 Å². The molecule has 0 spiro atoms. The molecular weight excluding hydrogens is 364 g/mol. The van der Waals surface area contributed by atoms with Crippen molar-refractivity contribution in [2.45, 2.75) is 45.3 Å². The molecule has 4 atom stereocenters. The van der Waals surface area contributed by atoms with E-state index in [1.54, 1.807) is 0 Å². The zero-order valence-electron chi connectivity index (χ0n) is 15.0. The van der Waals surface area contributed by atoms with Crippen LogP contribution in [0.1, 0.15) is 30.4 Å². The highest BCUT2D eigenvalue weighted by molar-refractivity contribution is 5.75. The molecule has 2 unspecified atom stereocenters. The molecule has 0 aromatic carbocycles. The fraction of sp³-hybridized carbons (Fsp3) is 0.562. The van der Waals surface area contributed by atoms with E-state index in [9.17, 15) is 29.1 Å². The minimum Gasteiger partial charge on any atom is -0.455 e. The number of hydrogen-bond donors (Lipinski definition) is 1. The van der Waals surface area contributed by atoms with E-state index in [0.29, 0.717) is 10.9 Å². The third kappa shape index (κ3) is 4.21. The normalized spacial score (nSPS) is 24.6. The van der Waals surface area contributed by atoms with Crippen LogP contribution < -0.4 is 11.2 Å². The maximum atomic E-state index is 12.6. The Bertz CT molecular complexity index is 856. The number of hydrogen-bond acceptors (Lipinski definition) is 9. The van der Waals surface area contributed by atoms with Crippen LogP contribution in [0, 0.1) is 6.92 Å². The molecule has 1 aliphatic rings. The van der Waals surface area contributed by atoms with E-state index in [0.717, 1.165) is 24.6 Å². The molecule has 11 heteroatoms. The van der Waals surface area contributed by atoms with Crippen molar-refractivity contribution in [2.75, 3.05) is 13.2 Å². The lowest BCUT2D eigenvalue weighted by molar-refractivity contribution is -0.156. The maximum Gasteiger partial charge on any atom is 0.340 e. The third-order valence-corrected chi connectivity index (χ3v) is 3.96. The van der Waals surface area contributed by atoms with Crippen molar-refractivity contribution in [1.82, 2.24) is 9.13 Å². The number of nitrogens with zero attached hydrogens (tertiary/aromatic N) is 2. The van der Waals surface area contributed by atoms with Crippen LogP contribution in [-0.4, -0.2) is 63.9 Å². The summed E-state index contributed by atoms with van der Waals surface area (Å²) in [5.74, 6) is -1.53. The third-order valence-electron chi connectivity index (χ3n) is 3.96. The number of carbonyl (C=O) groups excluding carboxylic acids is 3. The van der Waals surface area contributed by atoms with E-state index >= 15 is 0 Å². The number of aliphatic hydroxyl groups excluding tert-OH is 1. The van der Waals surface area contributed by atoms with Gasteiger partial charge in [-0.2, -0.15) is 4.57 Å². The first kappa shape index (κ1) is 20.7. The van der Waals surface area contributed by atoms with E-state index in [1.165, 1.54) is 6.92 Å². The molecule has 1 saturated heterocycles. The molecule has 0 aliphatic carbocycles. The molecule has 27 heavy (non-hydrogen) atoms. The van der Waals surface area contributed by atoms with Gasteiger partial charge in [0.1, 0.15) is 25.1 Å². The number of rotatable bonds is 6. The van der Waals surface area contributed by atoms with Crippen LogP contribution >= 0.6 is 0 Å². The van der Waals surface area contributed by atoms with Crippen molar-refractivity contribution < 1.29 is 33.7 Å². The Morgan fingerprint density at radius 1 is 1.33 bits per heavy atom. The summed E-state index contributed by atoms with van der Waals surface area (Å²) >= 11 is 0. The second kappa shape index (κ2) is 8.37. The number of ether oxygens (including phenoxy) is 3. The number of carbonyl (C=O) groups is 3. The van der Waals surface area contributed by atoms with Crippen LogP contribution in [-0.2, 0) is 23.8 Å². The van der Waals surface area contributed by atoms with Crippen LogP contribution in [0.15, 0.2) is 15.8 Å². The Kier molecular flexibility index (Phi) is 6.41. The first-order valence-electron chi connectivity index (χ1n) is 8.06. The summed E-state index contributed by atoms with van der Waals surface area (Å²) in [6.45, 7) is 3.13. The molecule has 11 nitrogen and oxygen atoms in total. The number of aliphatic hydroxyl groups is 1. The number of aldehydes is 1. The highest BCUT2D eigenvalue weighted by atomic mass is 16.6. The van der Waals surface area contributed by atoms with Crippen molar-refractivity contribution >= 4 is 18.2 Å². The van der Waals surface area contributed by atoms with Crippen molar-refractivity contribution in [3.63, 3.8) is 0 Å². The number of aryl methyl sites for hydroxylation is 1. The Balaban J connectivity index is 2.49. The highest BCUT2D eigenvalue weighted by Gasteiger charge is 2.47. The molecule has 1 aromatic rings. The molecule has 0 radical (unpaired) electrons. The van der Waals surface area contributed by atoms with Gasteiger partial charge < -0.3 is 24.1 Å². The van der Waals surface area contributed by atoms with Crippen molar-refractivity contribution in [2.24, 2.45) is 0 Å². The van der Waals surface area contributed by atoms with Crippen LogP contribution in [0.3, 0.4) is 0 Å². The lowest BCUT2D eigenvalue weighted by Crippen LogP contribution is -2.47. The van der Waals surface area contributed by atoms with E-state index in [2.05, 4.69) is 0 Å². The lowest BCUT2D eigenvalue weighted by atomic mass is 10.1. The van der Waals surface area contributed by atoms with Crippen molar-refractivity contribution in [3.8, 4) is 0 Å². The van der Waals surface area contributed by atoms with E-state index in [-0.39, 0.29) is 18.8 Å². The van der Waals surface area contributed by atoms with E-state index in [1.807, 2.05) is 0 Å². The molecule has 1 N–H and O–H groups in total. The van der Waals surface area contributed by atoms with Gasteiger partial charge in [-0.25, -0.2) is 4.79 Å². The first-order chi connectivity index (χ1) is 12.7. The van der Waals surface area contributed by atoms with Gasteiger partial charge >= 0.3 is 11.7 Å². The predicted octanol–water partition coefficient (Wildman–Crippen LogP) is -1.62. The van der Waals surface area contributed by atoms with Crippen molar-refractivity contribution in [1.29, 1.82) is 0 Å². The van der Waals surface area contributed by atoms with Gasteiger partial charge in [0.2, 0.25) is 5.91 Å². The molecule has 1 fully saturated rings. The molecule has 1 aliphatic heterocycles. The average Bonchev–Trinajstić information content (AvgIpc) is 2.87. The fourth-order valence-electron chi connectivity index (χ4n) is 2.79. The van der Waals surface area contributed by atoms with Crippen LogP contribution in [0.4, 0.5) is 0 Å². The summed E-state index contributed by atoms with van der Waals surface area (Å²) in [6.07, 6.45) is -3.29. The van der Waals surface area contributed by atoms with Gasteiger partial charge in [-0.3, -0.25) is 19.0 Å². The Labute approximate surface area is 153 Å². The Hall–Kier alpha value is -2.63. The second-order valence-corrected chi connectivity index (χ2v) is 6.00. The van der Waals surface area contributed by atoms with Gasteiger partial charge in [-0.15, -0.1) is 0 Å². The Morgan fingerprint density at radius 3 is 2.56 bits per heavy atom. The largest absolute Gasteiger partial charge is 0.455 e. The summed E-state index contributed by atoms with van der Waals surface area (Å²) in [7, 11) is 0. The number of esters is 1. The lowest BCUT2D eigenvalue weighted by Gasteiger charge is -2.22. The van der Waals surface area contributed by atoms with Gasteiger partial charge in [0.05, 0.1) is 6.61 Å². The maximum absolute atomic E-state index is 12.6. The first-order valence-corrected chi connectivity index (χ1v) is 8.06. The molecular formula is C16H20N2O9. The summed E-state index contributed by atoms with van der Waals surface area (Å²) < 4.78 is 17.0. The minimum absolute atomic E-state index is 0.0742. The molecule has 1 aromatic heterocycles. The molecule has 0 saturated carbocycles. The second-order valence-electron chi connectivity index (χ2n) is 6.00. The predicted molar refractivity (Wildman–Crippen MR) is 88.4 cm³/mol. The van der Waals surface area contributed by atoms with Crippen LogP contribution in [0.25, 0.3) is 0 Å². The van der Waals surface area contributed by atoms with Gasteiger partial charge in [0, 0.05) is 25.6 Å². The topological polar surface area (TPSA) is 143 Å². The van der Waals surface area contributed by atoms with Crippen LogP contribution in [0.2, 0.25) is 0 Å². The average molecular weight is 384 g/mol. The van der Waals surface area contributed by atoms with E-state index < -0.39 is 47.7 Å². The van der Waals surface area contributed by atoms with Gasteiger partial charge in [0.15, 0.2) is 12.3 Å². The summed E-state index contributed by atoms with van der Waals surface area (Å²) in [5, 5.41) is 10.4. The molecule has 2 rings (SSSR count). The zero-order chi connectivity index (χ0) is 20.3. The summed E-state index contributed by atoms with van der Waals surface area (Å²) in [5.41, 5.74) is -1.70. The van der Waals surface area contributed by atoms with E-state index in [4.69, 9.17) is 14.2 Å². The quantitative estimate of drug-likeness (QED) is 0.348. The minimum atomic E-state index is -1.37. The Morgan fingerprint density at radius 2 is 2.00 bits per heavy atom. The molecule has 0 amide bonds. The summed E-state index contributed by atoms with van der Waals surface area (Å²) in [6, 6.07) is 0. The molecule has 148 valence electrons. The SMILES string of the molecule is CC(=O)OC1C(O)[C@H](COCC=O)O[C@@H]1n1cc(C)c(=O)n(C(C)=O)c1=O. The zero-order valence-corrected chi connectivity index (χ0v) is 15.0. The standard InChI is InChI=1S/C16H20N2O9/c1-8-6-17(16(24)18(9(2)20)14(8)23)15-13(26-10(3)21)12(22)11(27-15)7-25-5-4-19/h4,6,11-13,15,22H,5,7H2,1-3H3/t11-,12?,13?,15-/m0/s1. The fourth-order valence-corrected chi connectivity index (χ4v) is 2.79. The smallest absolute Gasteiger partial charge is 0.340 e. The van der Waals surface area contributed by atoms with Crippen molar-refractivity contribution in [3.05, 3.63) is 32.6 Å². The number of aromatic nitrogens is 2. The molecule has 2 heterocycles. The van der Waals surface area contributed by atoms with Crippen LogP contribution in [0.5, 0.6) is 0 Å². The molecule has 0 bridgehead atoms. The summed E-state index contributed by atoms with van der Waals surface area (Å²) in [4.78, 5) is 58.1.